The molecule has 0 spiro atoms. The van der Waals surface area contributed by atoms with E-state index in [0.717, 1.165) is 33.4 Å². The van der Waals surface area contributed by atoms with Crippen LogP contribution in [0.3, 0.4) is 0 Å². The lowest BCUT2D eigenvalue weighted by atomic mass is 9.98. The number of likely N-dealkylation sites (N-methyl/N-ethyl adjacent to an activating group) is 1. The number of carbonyl (C=O) groups is 3. The van der Waals surface area contributed by atoms with E-state index in [0.29, 0.717) is 18.1 Å². The van der Waals surface area contributed by atoms with Gasteiger partial charge in [-0.05, 0) is 64.6 Å². The normalized spacial score (nSPS) is 12.3. The number of amides is 2. The maximum absolute atomic E-state index is 12.5. The smallest absolute Gasteiger partial charge is 0.407 e. The minimum absolute atomic E-state index is 0.0397. The number of fused-ring (bicyclic) bond motifs is 3. The SMILES string of the molecule is CNC(=O)COc1ccc(COc2ccc(COC(=O)[C@@H](C)NC(=O)OCC3c4ccccc4-c4ccccc43)cc2)cc1. The van der Waals surface area contributed by atoms with Crippen molar-refractivity contribution in [3.63, 3.8) is 0 Å². The van der Waals surface area contributed by atoms with Crippen LogP contribution in [0.1, 0.15) is 35.1 Å². The van der Waals surface area contributed by atoms with Gasteiger partial charge in [0.1, 0.15) is 37.4 Å². The van der Waals surface area contributed by atoms with Crippen molar-refractivity contribution in [2.24, 2.45) is 0 Å². The summed E-state index contributed by atoms with van der Waals surface area (Å²) in [6, 6.07) is 29.8. The van der Waals surface area contributed by atoms with Crippen molar-refractivity contribution >= 4 is 18.0 Å². The third-order valence-corrected chi connectivity index (χ3v) is 7.31. The molecule has 2 N–H and O–H groups in total. The van der Waals surface area contributed by atoms with E-state index in [-0.39, 0.29) is 31.6 Å². The van der Waals surface area contributed by atoms with Gasteiger partial charge in [0, 0.05) is 13.0 Å². The molecule has 1 aliphatic carbocycles. The van der Waals surface area contributed by atoms with Crippen LogP contribution in [0.15, 0.2) is 97.1 Å². The number of rotatable bonds is 12. The lowest BCUT2D eigenvalue weighted by molar-refractivity contribution is -0.146. The molecule has 2 amide bonds. The van der Waals surface area contributed by atoms with Crippen LogP contribution in [0.5, 0.6) is 11.5 Å². The van der Waals surface area contributed by atoms with Gasteiger partial charge in [0.15, 0.2) is 6.61 Å². The summed E-state index contributed by atoms with van der Waals surface area (Å²) >= 11 is 0. The summed E-state index contributed by atoms with van der Waals surface area (Å²) < 4.78 is 22.2. The van der Waals surface area contributed by atoms with Gasteiger partial charge < -0.3 is 29.6 Å². The zero-order chi connectivity index (χ0) is 30.9. The highest BCUT2D eigenvalue weighted by atomic mass is 16.6. The number of carbonyl (C=O) groups excluding carboxylic acids is 3. The molecule has 0 aliphatic heterocycles. The van der Waals surface area contributed by atoms with Crippen LogP contribution in [0.2, 0.25) is 0 Å². The summed E-state index contributed by atoms with van der Waals surface area (Å²) in [6.45, 7) is 2.08. The zero-order valence-electron chi connectivity index (χ0n) is 24.6. The van der Waals surface area contributed by atoms with E-state index < -0.39 is 18.1 Å². The van der Waals surface area contributed by atoms with Gasteiger partial charge in [0.25, 0.3) is 5.91 Å². The fourth-order valence-corrected chi connectivity index (χ4v) is 4.91. The van der Waals surface area contributed by atoms with Gasteiger partial charge in [-0.15, -0.1) is 0 Å². The molecule has 0 saturated heterocycles. The van der Waals surface area contributed by atoms with Crippen LogP contribution in [0.25, 0.3) is 11.1 Å². The highest BCUT2D eigenvalue weighted by Crippen LogP contribution is 2.44. The fraction of sp³-hybridized carbons (Fsp3) is 0.229. The van der Waals surface area contributed by atoms with E-state index >= 15 is 0 Å². The van der Waals surface area contributed by atoms with Crippen LogP contribution in [0, 0.1) is 0 Å². The van der Waals surface area contributed by atoms with Crippen molar-refractivity contribution in [2.75, 3.05) is 20.3 Å². The number of hydrogen-bond acceptors (Lipinski definition) is 7. The largest absolute Gasteiger partial charge is 0.489 e. The second-order valence-electron chi connectivity index (χ2n) is 10.3. The fourth-order valence-electron chi connectivity index (χ4n) is 4.91. The van der Waals surface area contributed by atoms with Gasteiger partial charge >= 0.3 is 12.1 Å². The predicted molar refractivity (Wildman–Crippen MR) is 164 cm³/mol. The van der Waals surface area contributed by atoms with E-state index in [9.17, 15) is 14.4 Å². The summed E-state index contributed by atoms with van der Waals surface area (Å²) in [6.07, 6.45) is -0.677. The molecule has 9 nitrogen and oxygen atoms in total. The van der Waals surface area contributed by atoms with Crippen LogP contribution in [-0.2, 0) is 32.3 Å². The molecule has 1 aliphatic rings. The molecule has 44 heavy (non-hydrogen) atoms. The first-order valence-corrected chi connectivity index (χ1v) is 14.3. The van der Waals surface area contributed by atoms with E-state index in [4.69, 9.17) is 18.9 Å². The van der Waals surface area contributed by atoms with E-state index in [1.165, 1.54) is 0 Å². The van der Waals surface area contributed by atoms with E-state index in [2.05, 4.69) is 22.8 Å². The zero-order valence-corrected chi connectivity index (χ0v) is 24.6. The van der Waals surface area contributed by atoms with E-state index in [1.54, 1.807) is 38.2 Å². The number of ether oxygens (including phenoxy) is 4. The van der Waals surface area contributed by atoms with Crippen molar-refractivity contribution in [1.82, 2.24) is 10.6 Å². The predicted octanol–water partition coefficient (Wildman–Crippen LogP) is 5.36. The Morgan fingerprint density at radius 2 is 1.25 bits per heavy atom. The third-order valence-electron chi connectivity index (χ3n) is 7.31. The Hall–Kier alpha value is -5.31. The van der Waals surface area contributed by atoms with Crippen molar-refractivity contribution in [3.05, 3.63) is 119 Å². The Balaban J connectivity index is 1.03. The Morgan fingerprint density at radius 1 is 0.705 bits per heavy atom. The van der Waals surface area contributed by atoms with E-state index in [1.807, 2.05) is 60.7 Å². The Bertz CT molecular complexity index is 1560. The molecule has 0 aromatic heterocycles. The van der Waals surface area contributed by atoms with Crippen LogP contribution in [-0.4, -0.2) is 44.3 Å². The van der Waals surface area contributed by atoms with Gasteiger partial charge in [-0.1, -0.05) is 72.8 Å². The van der Waals surface area contributed by atoms with Crippen molar-refractivity contribution < 1.29 is 33.3 Å². The first kappa shape index (κ1) is 30.2. The van der Waals surface area contributed by atoms with Gasteiger partial charge in [-0.2, -0.15) is 0 Å². The highest BCUT2D eigenvalue weighted by molar-refractivity contribution is 5.81. The van der Waals surface area contributed by atoms with Gasteiger partial charge in [-0.3, -0.25) is 4.79 Å². The molecule has 4 aromatic rings. The number of nitrogens with one attached hydrogen (secondary N) is 2. The molecule has 0 saturated carbocycles. The maximum Gasteiger partial charge on any atom is 0.407 e. The second-order valence-corrected chi connectivity index (χ2v) is 10.3. The lowest BCUT2D eigenvalue weighted by Crippen LogP contribution is -2.40. The molecule has 5 rings (SSSR count). The average molecular weight is 595 g/mol. The minimum Gasteiger partial charge on any atom is -0.489 e. The summed E-state index contributed by atoms with van der Waals surface area (Å²) in [5.41, 5.74) is 6.23. The number of esters is 1. The van der Waals surface area contributed by atoms with Crippen LogP contribution >= 0.6 is 0 Å². The number of hydrogen-bond donors (Lipinski definition) is 2. The summed E-state index contributed by atoms with van der Waals surface area (Å²) in [4.78, 5) is 36.3. The minimum atomic E-state index is -0.881. The Labute approximate surface area is 256 Å². The first-order valence-electron chi connectivity index (χ1n) is 14.3. The monoisotopic (exact) mass is 594 g/mol. The molecule has 0 fully saturated rings. The van der Waals surface area contributed by atoms with Crippen molar-refractivity contribution in [3.8, 4) is 22.6 Å². The van der Waals surface area contributed by atoms with Gasteiger partial charge in [0.05, 0.1) is 0 Å². The molecule has 1 atom stereocenters. The lowest BCUT2D eigenvalue weighted by Gasteiger charge is -2.17. The van der Waals surface area contributed by atoms with Gasteiger partial charge in [0.2, 0.25) is 0 Å². The summed E-state index contributed by atoms with van der Waals surface area (Å²) in [5.74, 6) is 0.421. The standard InChI is InChI=1S/C35H34N2O7/c1-23(37-35(40)44-21-32-30-9-5-3-7-28(30)29-8-4-6-10-31(29)32)34(39)43-20-25-13-15-26(16-14-25)41-19-24-11-17-27(18-12-24)42-22-33(38)36-2/h3-18,23,32H,19-22H2,1-2H3,(H,36,38)(H,37,40)/t23-/m1/s1. The van der Waals surface area contributed by atoms with Crippen molar-refractivity contribution in [2.45, 2.75) is 32.1 Å². The average Bonchev–Trinajstić information content (AvgIpc) is 3.38. The molecule has 0 radical (unpaired) electrons. The molecule has 0 heterocycles. The molecule has 9 heteroatoms. The molecule has 0 bridgehead atoms. The van der Waals surface area contributed by atoms with Crippen LogP contribution < -0.4 is 20.1 Å². The molecular formula is C35H34N2O7. The van der Waals surface area contributed by atoms with Crippen molar-refractivity contribution in [1.29, 1.82) is 0 Å². The molecule has 0 unspecified atom stereocenters. The summed E-state index contributed by atoms with van der Waals surface area (Å²) in [5, 5.41) is 5.07. The van der Waals surface area contributed by atoms with Crippen LogP contribution in [0.4, 0.5) is 4.79 Å². The quantitative estimate of drug-likeness (QED) is 0.212. The number of benzene rings is 4. The summed E-state index contributed by atoms with van der Waals surface area (Å²) in [7, 11) is 1.56. The number of alkyl carbamates (subject to hydrolysis) is 1. The Morgan fingerprint density at radius 3 is 1.84 bits per heavy atom. The second kappa shape index (κ2) is 14.2. The highest BCUT2D eigenvalue weighted by Gasteiger charge is 2.29. The molecule has 226 valence electrons. The van der Waals surface area contributed by atoms with Gasteiger partial charge in [-0.25, -0.2) is 9.59 Å². The topological polar surface area (TPSA) is 112 Å². The molecule has 4 aromatic carbocycles. The first-order chi connectivity index (χ1) is 21.4. The molecular weight excluding hydrogens is 560 g/mol. The Kier molecular flexibility index (Phi) is 9.76. The maximum atomic E-state index is 12.5. The third kappa shape index (κ3) is 7.55.